The molecule has 9 rings (SSSR count). The van der Waals surface area contributed by atoms with E-state index in [1.807, 2.05) is 35.0 Å². The molecular formula is C44H44F2N4S6Si. The summed E-state index contributed by atoms with van der Waals surface area (Å²) in [7, 11) is -2.50. The molecular weight excluding hydrogens is 843 g/mol. The highest BCUT2D eigenvalue weighted by Crippen LogP contribution is 2.51. The van der Waals surface area contributed by atoms with E-state index in [4.69, 9.17) is 17.5 Å². The van der Waals surface area contributed by atoms with Crippen LogP contribution in [0.3, 0.4) is 0 Å². The van der Waals surface area contributed by atoms with Gasteiger partial charge in [0.1, 0.15) is 41.8 Å². The van der Waals surface area contributed by atoms with Gasteiger partial charge in [-0.3, -0.25) is 0 Å². The van der Waals surface area contributed by atoms with Crippen LogP contribution in [0.2, 0.25) is 12.1 Å². The monoisotopic (exact) mass is 886 g/mol. The maximum Gasteiger partial charge on any atom is 0.134 e. The predicted octanol–water partition coefficient (Wildman–Crippen LogP) is 14.9. The third-order valence-electron chi connectivity index (χ3n) is 12.1. The van der Waals surface area contributed by atoms with Gasteiger partial charge in [-0.05, 0) is 81.5 Å². The average molecular weight is 887 g/mol. The minimum Gasteiger partial charge on any atom is -0.206 e. The van der Waals surface area contributed by atoms with Gasteiger partial charge in [-0.2, -0.15) is 17.5 Å². The first-order valence-corrected chi connectivity index (χ1v) is 27.4. The van der Waals surface area contributed by atoms with Gasteiger partial charge in [-0.25, -0.2) is 8.78 Å². The molecule has 0 saturated carbocycles. The van der Waals surface area contributed by atoms with Crippen molar-refractivity contribution in [3.63, 3.8) is 0 Å². The lowest BCUT2D eigenvalue weighted by Gasteiger charge is -2.35. The number of fused-ring (bicyclic) bond motifs is 5. The SMILES string of the molecule is CCCCC(CC)C[Si]1(CC(CC)CCCC)c2cc(-c3c(F)cc(-c4cccs4)c4nsnc34)sc2-c2sc(-c3c(F)cc(-c4cccs4)c4nsnc34)cc21. The first-order chi connectivity index (χ1) is 27.9. The van der Waals surface area contributed by atoms with Gasteiger partial charge >= 0.3 is 0 Å². The van der Waals surface area contributed by atoms with Crippen LogP contribution in [0, 0.1) is 23.5 Å². The van der Waals surface area contributed by atoms with Crippen molar-refractivity contribution in [1.29, 1.82) is 0 Å². The Kier molecular flexibility index (Phi) is 11.4. The Morgan fingerprint density at radius 3 is 1.40 bits per heavy atom. The molecule has 2 aromatic carbocycles. The first-order valence-electron chi connectivity index (χ1n) is 20.2. The molecule has 0 saturated heterocycles. The van der Waals surface area contributed by atoms with Gasteiger partial charge in [-0.15, -0.1) is 45.3 Å². The summed E-state index contributed by atoms with van der Waals surface area (Å²) >= 11 is 8.90. The van der Waals surface area contributed by atoms with E-state index in [9.17, 15) is 0 Å². The molecule has 7 heterocycles. The highest BCUT2D eigenvalue weighted by molar-refractivity contribution is 7.31. The molecule has 0 bridgehead atoms. The van der Waals surface area contributed by atoms with Crippen LogP contribution in [0.5, 0.6) is 0 Å². The average Bonchev–Trinajstić information content (AvgIpc) is 4.07. The highest BCUT2D eigenvalue weighted by atomic mass is 32.1. The molecule has 6 aromatic heterocycles. The minimum absolute atomic E-state index is 0.257. The number of aromatic nitrogens is 4. The van der Waals surface area contributed by atoms with Gasteiger partial charge in [0.2, 0.25) is 0 Å². The summed E-state index contributed by atoms with van der Waals surface area (Å²) in [5.74, 6) is 0.651. The summed E-state index contributed by atoms with van der Waals surface area (Å²) in [4.78, 5) is 6.33. The van der Waals surface area contributed by atoms with E-state index in [0.29, 0.717) is 34.0 Å². The zero-order valence-electron chi connectivity index (χ0n) is 32.5. The fourth-order valence-electron chi connectivity index (χ4n) is 9.14. The lowest BCUT2D eigenvalue weighted by molar-refractivity contribution is 0.469. The number of hydrogen-bond donors (Lipinski definition) is 0. The summed E-state index contributed by atoms with van der Waals surface area (Å²) in [6, 6.07) is 18.4. The third-order valence-corrected chi connectivity index (χ3v) is 23.2. The van der Waals surface area contributed by atoms with Crippen molar-refractivity contribution >= 4 is 109 Å². The fourth-order valence-corrected chi connectivity index (χ4v) is 22.3. The van der Waals surface area contributed by atoms with E-state index in [1.165, 1.54) is 58.7 Å². The van der Waals surface area contributed by atoms with Gasteiger partial charge < -0.3 is 0 Å². The molecule has 8 aromatic rings. The maximum absolute atomic E-state index is 16.7. The molecule has 0 amide bonds. The summed E-state index contributed by atoms with van der Waals surface area (Å²) in [5, 5.41) is 6.93. The second-order valence-electron chi connectivity index (χ2n) is 15.5. The van der Waals surface area contributed by atoms with Gasteiger partial charge in [0.25, 0.3) is 0 Å². The van der Waals surface area contributed by atoms with Gasteiger partial charge in [0, 0.05) is 40.4 Å². The Balaban J connectivity index is 1.27. The van der Waals surface area contributed by atoms with E-state index < -0.39 is 8.07 Å². The molecule has 0 radical (unpaired) electrons. The van der Waals surface area contributed by atoms with Crippen LogP contribution in [0.4, 0.5) is 8.78 Å². The molecule has 2 atom stereocenters. The molecule has 1 aliphatic heterocycles. The van der Waals surface area contributed by atoms with Gasteiger partial charge in [-0.1, -0.05) is 91.2 Å². The Bertz CT molecular complexity index is 2470. The molecule has 0 aliphatic carbocycles. The Hall–Kier alpha value is -3.04. The van der Waals surface area contributed by atoms with Crippen molar-refractivity contribution in [2.45, 2.75) is 91.1 Å². The van der Waals surface area contributed by atoms with Crippen LogP contribution >= 0.6 is 68.8 Å². The minimum atomic E-state index is -2.50. The largest absolute Gasteiger partial charge is 0.206 e. The molecule has 0 N–H and O–H groups in total. The van der Waals surface area contributed by atoms with Crippen molar-refractivity contribution in [1.82, 2.24) is 17.5 Å². The molecule has 0 spiro atoms. The number of thiophene rings is 4. The summed E-state index contributed by atoms with van der Waals surface area (Å²) < 4.78 is 52.4. The summed E-state index contributed by atoms with van der Waals surface area (Å²) in [6.07, 6.45) is 9.47. The normalized spacial score (nSPS) is 14.5. The Morgan fingerprint density at radius 1 is 0.579 bits per heavy atom. The van der Waals surface area contributed by atoms with Crippen LogP contribution in [-0.2, 0) is 0 Å². The van der Waals surface area contributed by atoms with E-state index in [0.717, 1.165) is 90.1 Å². The van der Waals surface area contributed by atoms with E-state index in [2.05, 4.69) is 39.8 Å². The number of nitrogens with zero attached hydrogens (tertiary/aromatic N) is 4. The highest BCUT2D eigenvalue weighted by Gasteiger charge is 2.50. The van der Waals surface area contributed by atoms with Crippen molar-refractivity contribution in [2.75, 3.05) is 0 Å². The fraction of sp³-hybridized carbons (Fsp3) is 0.364. The van der Waals surface area contributed by atoms with Crippen LogP contribution < -0.4 is 10.4 Å². The van der Waals surface area contributed by atoms with E-state index in [1.54, 1.807) is 57.5 Å². The number of hydrogen-bond acceptors (Lipinski definition) is 10. The molecule has 294 valence electrons. The molecule has 2 unspecified atom stereocenters. The van der Waals surface area contributed by atoms with Crippen molar-refractivity contribution in [2.24, 2.45) is 11.8 Å². The zero-order chi connectivity index (χ0) is 39.3. The molecule has 0 fully saturated rings. The Morgan fingerprint density at radius 2 is 1.02 bits per heavy atom. The van der Waals surface area contributed by atoms with Crippen LogP contribution in [0.25, 0.3) is 73.6 Å². The second-order valence-corrected chi connectivity index (χ2v) is 24.6. The lowest BCUT2D eigenvalue weighted by Crippen LogP contribution is -2.56. The van der Waals surface area contributed by atoms with E-state index in [-0.39, 0.29) is 11.6 Å². The molecule has 4 nitrogen and oxygen atoms in total. The topological polar surface area (TPSA) is 51.6 Å². The van der Waals surface area contributed by atoms with Crippen LogP contribution in [0.1, 0.15) is 79.1 Å². The number of halogens is 2. The first kappa shape index (κ1) is 39.4. The van der Waals surface area contributed by atoms with Crippen LogP contribution in [-0.4, -0.2) is 25.6 Å². The number of benzene rings is 2. The maximum atomic E-state index is 16.7. The van der Waals surface area contributed by atoms with Crippen molar-refractivity contribution < 1.29 is 8.78 Å². The molecule has 13 heteroatoms. The lowest BCUT2D eigenvalue weighted by atomic mass is 10.0. The second kappa shape index (κ2) is 16.5. The van der Waals surface area contributed by atoms with Crippen LogP contribution in [0.15, 0.2) is 59.3 Å². The van der Waals surface area contributed by atoms with E-state index >= 15 is 8.78 Å². The third kappa shape index (κ3) is 6.92. The zero-order valence-corrected chi connectivity index (χ0v) is 38.4. The summed E-state index contributed by atoms with van der Waals surface area (Å²) in [5.41, 5.74) is 5.50. The van der Waals surface area contributed by atoms with Gasteiger partial charge in [0.15, 0.2) is 0 Å². The molecule has 1 aliphatic rings. The Labute approximate surface area is 358 Å². The quantitative estimate of drug-likeness (QED) is 0.0907. The standard InChI is InChI=1S/C44H44F2N4S6Si/c1-5-9-13-25(7-3)23-57(24-26(8-4)14-10-6-2)35-21-33(37-29(45)19-27(31-15-11-17-51-31)39-41(37)49-55-47-39)53-43(35)44-36(57)22-34(54-44)38-30(46)20-28(32-16-12-18-52-32)40-42(38)50-56-48-40/h11-12,15-22,25-26H,5-10,13-14,23-24H2,1-4H3. The smallest absolute Gasteiger partial charge is 0.134 e. The predicted molar refractivity (Wildman–Crippen MR) is 248 cm³/mol. The number of rotatable bonds is 16. The van der Waals surface area contributed by atoms with Crippen molar-refractivity contribution in [3.8, 4) is 51.5 Å². The van der Waals surface area contributed by atoms with Crippen molar-refractivity contribution in [3.05, 3.63) is 70.9 Å². The van der Waals surface area contributed by atoms with Gasteiger partial charge in [0.05, 0.1) is 34.6 Å². The summed E-state index contributed by atoms with van der Waals surface area (Å²) in [6.45, 7) is 9.30. The molecule has 57 heavy (non-hydrogen) atoms. The number of unbranched alkanes of at least 4 members (excludes halogenated alkanes) is 2.